The summed E-state index contributed by atoms with van der Waals surface area (Å²) in [5, 5.41) is 7.35. The summed E-state index contributed by atoms with van der Waals surface area (Å²) in [4.78, 5) is 41.3. The molecule has 2 heterocycles. The van der Waals surface area contributed by atoms with E-state index in [1.54, 1.807) is 24.3 Å². The summed E-state index contributed by atoms with van der Waals surface area (Å²) in [5.74, 6) is 0.835. The van der Waals surface area contributed by atoms with Crippen LogP contribution in [0.2, 0.25) is 5.02 Å². The maximum absolute atomic E-state index is 13.6. The first-order valence-corrected chi connectivity index (χ1v) is 18.6. The van der Waals surface area contributed by atoms with Gasteiger partial charge in [0, 0.05) is 23.2 Å². The molecule has 5 rings (SSSR count). The number of fused-ring (bicyclic) bond motifs is 1. The Labute approximate surface area is 304 Å². The van der Waals surface area contributed by atoms with E-state index in [1.165, 1.54) is 30.9 Å². The Morgan fingerprint density at radius 1 is 1.04 bits per heavy atom. The summed E-state index contributed by atoms with van der Waals surface area (Å²) in [6.45, 7) is 19.3. The highest BCUT2D eigenvalue weighted by molar-refractivity contribution is 6.30. The molecule has 8 nitrogen and oxygen atoms in total. The number of rotatable bonds is 10. The van der Waals surface area contributed by atoms with Crippen LogP contribution >= 0.6 is 11.6 Å². The lowest BCUT2D eigenvalue weighted by molar-refractivity contribution is -0.141. The van der Waals surface area contributed by atoms with E-state index in [0.29, 0.717) is 35.8 Å². The maximum Gasteiger partial charge on any atom is 0.287 e. The van der Waals surface area contributed by atoms with E-state index in [1.807, 2.05) is 45.0 Å². The molecule has 1 saturated carbocycles. The minimum atomic E-state index is -0.403. The number of nitrogens with one attached hydrogen (secondary N) is 2. The van der Waals surface area contributed by atoms with Gasteiger partial charge in [-0.25, -0.2) is 0 Å². The highest BCUT2D eigenvalue weighted by Crippen LogP contribution is 2.46. The van der Waals surface area contributed by atoms with Crippen molar-refractivity contribution in [2.24, 2.45) is 11.3 Å². The van der Waals surface area contributed by atoms with Gasteiger partial charge in [0.2, 0.25) is 5.91 Å². The number of carbonyl (C=O) groups excluding carboxylic acids is 2. The van der Waals surface area contributed by atoms with E-state index in [-0.39, 0.29) is 28.1 Å². The molecule has 2 N–H and O–H groups in total. The largest absolute Gasteiger partial charge is 0.490 e. The van der Waals surface area contributed by atoms with Crippen LogP contribution in [-0.2, 0) is 4.79 Å². The van der Waals surface area contributed by atoms with Gasteiger partial charge in [0.1, 0.15) is 17.9 Å². The van der Waals surface area contributed by atoms with Crippen LogP contribution < -0.4 is 20.8 Å². The number of hydrogen-bond donors (Lipinski definition) is 2. The third-order valence-electron chi connectivity index (χ3n) is 9.31. The lowest BCUT2D eigenvalue weighted by Gasteiger charge is -2.47. The Hall–Kier alpha value is -3.62. The van der Waals surface area contributed by atoms with Gasteiger partial charge in [-0.05, 0) is 116 Å². The van der Waals surface area contributed by atoms with Crippen molar-refractivity contribution in [1.29, 1.82) is 0 Å². The van der Waals surface area contributed by atoms with Gasteiger partial charge in [-0.3, -0.25) is 14.4 Å². The zero-order valence-electron chi connectivity index (χ0n) is 31.0. The van der Waals surface area contributed by atoms with Crippen LogP contribution in [-0.4, -0.2) is 55.0 Å². The first-order valence-electron chi connectivity index (χ1n) is 18.3. The molecule has 1 aliphatic carbocycles. The SMILES string of the molecule is C=CCOc1ccc2oc(C(=O)NCCCN3CCC(C(=O)NC(C)(C)C)(C4CCCCC4)CC3)cc(=O)c2c1.CC.Cc1ccc(Cl)cc1. The fourth-order valence-corrected chi connectivity index (χ4v) is 6.86. The van der Waals surface area contributed by atoms with Gasteiger partial charge in [0.15, 0.2) is 11.2 Å². The number of piperidine rings is 1. The Morgan fingerprint density at radius 2 is 1.70 bits per heavy atom. The molecule has 0 spiro atoms. The molecule has 0 bridgehead atoms. The zero-order chi connectivity index (χ0) is 36.7. The van der Waals surface area contributed by atoms with Gasteiger partial charge in [-0.2, -0.15) is 0 Å². The molecule has 0 radical (unpaired) electrons. The van der Waals surface area contributed by atoms with Gasteiger partial charge in [0.05, 0.1) is 10.8 Å². The molecule has 9 heteroatoms. The topological polar surface area (TPSA) is 101 Å². The molecule has 50 heavy (non-hydrogen) atoms. The number of likely N-dealkylation sites (tertiary alicyclic amines) is 1. The van der Waals surface area contributed by atoms with Crippen molar-refractivity contribution in [3.8, 4) is 5.75 Å². The monoisotopic (exact) mass is 707 g/mol. The van der Waals surface area contributed by atoms with Crippen molar-refractivity contribution in [2.45, 2.75) is 98.4 Å². The van der Waals surface area contributed by atoms with E-state index in [2.05, 4.69) is 42.9 Å². The molecule has 0 atom stereocenters. The van der Waals surface area contributed by atoms with Crippen molar-refractivity contribution in [1.82, 2.24) is 15.5 Å². The molecular formula is C41H58ClN3O5. The average molecular weight is 708 g/mol. The second-order valence-electron chi connectivity index (χ2n) is 14.2. The third kappa shape index (κ3) is 12.0. The van der Waals surface area contributed by atoms with E-state index in [0.717, 1.165) is 56.8 Å². The van der Waals surface area contributed by atoms with Gasteiger partial charge in [-0.1, -0.05) is 75.1 Å². The molecule has 274 valence electrons. The smallest absolute Gasteiger partial charge is 0.287 e. The Bertz CT molecular complexity index is 1560. The second kappa shape index (κ2) is 19.7. The Balaban J connectivity index is 0.000000586. The predicted octanol–water partition coefficient (Wildman–Crippen LogP) is 8.73. The van der Waals surface area contributed by atoms with E-state index in [4.69, 9.17) is 20.8 Å². The summed E-state index contributed by atoms with van der Waals surface area (Å²) in [5.41, 5.74) is 0.787. The first-order chi connectivity index (χ1) is 23.9. The molecule has 2 aromatic carbocycles. The van der Waals surface area contributed by atoms with Crippen molar-refractivity contribution < 1.29 is 18.7 Å². The van der Waals surface area contributed by atoms with E-state index in [9.17, 15) is 14.4 Å². The summed E-state index contributed by atoms with van der Waals surface area (Å²) >= 11 is 5.61. The normalized spacial score (nSPS) is 16.2. The number of amides is 2. The Kier molecular flexibility index (Phi) is 16.1. The molecule has 2 fully saturated rings. The van der Waals surface area contributed by atoms with Crippen LogP contribution in [0.15, 0.2) is 70.4 Å². The van der Waals surface area contributed by atoms with Gasteiger partial charge < -0.3 is 24.7 Å². The van der Waals surface area contributed by atoms with Crippen LogP contribution in [0.4, 0.5) is 0 Å². The van der Waals surface area contributed by atoms with Crippen molar-refractivity contribution in [3.05, 3.63) is 87.8 Å². The molecule has 1 aromatic heterocycles. The number of aryl methyl sites for hydroxylation is 1. The first kappa shape index (κ1) is 40.8. The molecule has 3 aromatic rings. The minimum Gasteiger partial charge on any atom is -0.490 e. The molecule has 1 aliphatic heterocycles. The lowest BCUT2D eigenvalue weighted by Crippen LogP contribution is -2.56. The lowest BCUT2D eigenvalue weighted by atomic mass is 9.63. The third-order valence-corrected chi connectivity index (χ3v) is 9.57. The summed E-state index contributed by atoms with van der Waals surface area (Å²) in [6, 6.07) is 13.9. The highest BCUT2D eigenvalue weighted by atomic mass is 35.5. The molecule has 2 amide bonds. The molecular weight excluding hydrogens is 650 g/mol. The van der Waals surface area contributed by atoms with E-state index >= 15 is 0 Å². The predicted molar refractivity (Wildman–Crippen MR) is 205 cm³/mol. The van der Waals surface area contributed by atoms with Crippen LogP contribution in [0, 0.1) is 18.3 Å². The number of benzene rings is 2. The van der Waals surface area contributed by atoms with Crippen molar-refractivity contribution >= 4 is 34.4 Å². The van der Waals surface area contributed by atoms with Crippen LogP contribution in [0.1, 0.15) is 102 Å². The number of nitrogens with zero attached hydrogens (tertiary/aromatic N) is 1. The van der Waals surface area contributed by atoms with Gasteiger partial charge >= 0.3 is 0 Å². The van der Waals surface area contributed by atoms with E-state index < -0.39 is 5.91 Å². The number of hydrogen-bond acceptors (Lipinski definition) is 6. The van der Waals surface area contributed by atoms with Crippen molar-refractivity contribution in [2.75, 3.05) is 32.8 Å². The number of halogens is 1. The Morgan fingerprint density at radius 3 is 2.30 bits per heavy atom. The van der Waals surface area contributed by atoms with Gasteiger partial charge in [-0.15, -0.1) is 0 Å². The fraction of sp³-hybridized carbons (Fsp3) is 0.537. The maximum atomic E-state index is 13.6. The van der Waals surface area contributed by atoms with Crippen LogP contribution in [0.3, 0.4) is 0 Å². The van der Waals surface area contributed by atoms with Crippen LogP contribution in [0.5, 0.6) is 5.75 Å². The quantitative estimate of drug-likeness (QED) is 0.162. The fourth-order valence-electron chi connectivity index (χ4n) is 6.73. The standard InChI is InChI=1S/C32H45N3O5.C7H7Cl.C2H6/c1-5-20-39-24-12-13-27-25(21-24)26(36)22-28(40-27)29(37)33-16-9-17-35-18-14-32(15-19-35,23-10-7-6-8-11-23)30(38)34-31(2,3)4;1-6-2-4-7(8)5-3-6;1-2/h5,12-13,21-23H,1,6-11,14-20H2,2-4H3,(H,33,37)(H,34,38);2-5H,1H3;1-2H3. The molecule has 0 unspecified atom stereocenters. The number of carbonyl (C=O) groups is 2. The average Bonchev–Trinajstić information content (AvgIpc) is 3.11. The molecule has 1 saturated heterocycles. The summed E-state index contributed by atoms with van der Waals surface area (Å²) < 4.78 is 11.2. The summed E-state index contributed by atoms with van der Waals surface area (Å²) in [6.07, 6.45) is 10.2. The zero-order valence-corrected chi connectivity index (χ0v) is 31.8. The van der Waals surface area contributed by atoms with Gasteiger partial charge in [0.25, 0.3) is 5.91 Å². The molecule has 2 aliphatic rings. The number of ether oxygens (including phenoxy) is 1. The minimum absolute atomic E-state index is 0.00245. The van der Waals surface area contributed by atoms with Crippen LogP contribution in [0.25, 0.3) is 11.0 Å². The van der Waals surface area contributed by atoms with Crippen molar-refractivity contribution in [3.63, 3.8) is 0 Å². The highest BCUT2D eigenvalue weighted by Gasteiger charge is 2.48. The summed E-state index contributed by atoms with van der Waals surface area (Å²) in [7, 11) is 0. The second-order valence-corrected chi connectivity index (χ2v) is 14.6.